The monoisotopic (exact) mass is 624 g/mol. The van der Waals surface area contributed by atoms with Crippen molar-refractivity contribution >= 4 is 86.2 Å². The molecule has 0 bridgehead atoms. The Kier molecular flexibility index (Phi) is 5.88. The second kappa shape index (κ2) is 10.1. The number of rotatable bonds is 5. The molecule has 0 N–H and O–H groups in total. The van der Waals surface area contributed by atoms with Crippen molar-refractivity contribution in [1.29, 1.82) is 0 Å². The van der Waals surface area contributed by atoms with Gasteiger partial charge in [-0.25, -0.2) is 0 Å². The third kappa shape index (κ3) is 3.74. The fourth-order valence-corrected chi connectivity index (χ4v) is 9.13. The molecule has 2 aliphatic carbocycles. The Hall–Kier alpha value is -4.79. The molecule has 0 atom stereocenters. The van der Waals surface area contributed by atoms with Gasteiger partial charge in [-0.1, -0.05) is 61.2 Å². The van der Waals surface area contributed by atoms with Crippen molar-refractivity contribution in [3.05, 3.63) is 124 Å². The number of hydrogen-bond donors (Lipinski definition) is 0. The van der Waals surface area contributed by atoms with Gasteiger partial charge in [0.25, 0.3) is 0 Å². The highest BCUT2D eigenvalue weighted by molar-refractivity contribution is 7.98. The second-order valence-corrected chi connectivity index (χ2v) is 14.2. The Labute approximate surface area is 279 Å². The number of para-hydroxylation sites is 1. The molecule has 0 amide bonds. The molecule has 4 aliphatic rings. The summed E-state index contributed by atoms with van der Waals surface area (Å²) in [6, 6.07) is 25.7. The summed E-state index contributed by atoms with van der Waals surface area (Å²) in [6.45, 7) is 4.54. The van der Waals surface area contributed by atoms with Crippen LogP contribution >= 0.6 is 11.8 Å². The number of unbranched alkanes of at least 4 members (excludes halogenated alkanes) is 1. The van der Waals surface area contributed by atoms with E-state index < -0.39 is 0 Å². The smallest absolute Gasteiger partial charge is 0.333 e. The molecule has 0 saturated carbocycles. The number of furan rings is 1. The van der Waals surface area contributed by atoms with Gasteiger partial charge in [0, 0.05) is 72.8 Å². The van der Waals surface area contributed by atoms with Crippen LogP contribution in [0.5, 0.6) is 0 Å². The van der Waals surface area contributed by atoms with Crippen LogP contribution in [-0.4, -0.2) is 17.6 Å². The van der Waals surface area contributed by atoms with Crippen molar-refractivity contribution in [2.75, 3.05) is 11.2 Å². The van der Waals surface area contributed by atoms with Crippen molar-refractivity contribution < 1.29 is 4.42 Å². The molecule has 10 rings (SSSR count). The number of anilines is 3. The van der Waals surface area contributed by atoms with E-state index in [2.05, 4.69) is 114 Å². The number of aromatic nitrogens is 1. The first-order valence-electron chi connectivity index (χ1n) is 16.9. The summed E-state index contributed by atoms with van der Waals surface area (Å²) in [5, 5.41) is 2.51. The average molecular weight is 625 g/mol. The van der Waals surface area contributed by atoms with E-state index in [4.69, 9.17) is 4.42 Å². The lowest BCUT2D eigenvalue weighted by molar-refractivity contribution is 0.602. The molecule has 4 aromatic carbocycles. The molecule has 6 aromatic rings. The molecule has 0 radical (unpaired) electrons. The quantitative estimate of drug-likeness (QED) is 0.108. The molecule has 0 saturated heterocycles. The molecule has 2 aromatic heterocycles. The molecule has 47 heavy (non-hydrogen) atoms. The molecule has 4 heterocycles. The van der Waals surface area contributed by atoms with Crippen LogP contribution in [0.3, 0.4) is 0 Å². The Morgan fingerprint density at radius 1 is 0.957 bits per heavy atom. The van der Waals surface area contributed by atoms with E-state index in [0.29, 0.717) is 0 Å². The zero-order chi connectivity index (χ0) is 31.4. The first-order valence-corrected chi connectivity index (χ1v) is 18.1. The third-order valence-electron chi connectivity index (χ3n) is 10.6. The largest absolute Gasteiger partial charge is 0.455 e. The minimum absolute atomic E-state index is 0.0196. The summed E-state index contributed by atoms with van der Waals surface area (Å²) in [5.74, 6) is 0.864. The van der Waals surface area contributed by atoms with Crippen LogP contribution in [0.4, 0.5) is 17.1 Å². The highest BCUT2D eigenvalue weighted by atomic mass is 32.2. The summed E-state index contributed by atoms with van der Waals surface area (Å²) in [7, 11) is 0. The Balaban J connectivity index is 1.38. The lowest BCUT2D eigenvalue weighted by atomic mass is 9.44. The Bertz CT molecular complexity index is 2500. The summed E-state index contributed by atoms with van der Waals surface area (Å²) in [6.07, 6.45) is 14.2. The fraction of sp³-hybridized carbons (Fsp3) is 0.190. The predicted octanol–water partition coefficient (Wildman–Crippen LogP) is 9.68. The van der Waals surface area contributed by atoms with Crippen molar-refractivity contribution in [3.8, 4) is 0 Å². The number of benzene rings is 4. The van der Waals surface area contributed by atoms with Crippen LogP contribution in [0.1, 0.15) is 65.5 Å². The van der Waals surface area contributed by atoms with Crippen LogP contribution in [0.2, 0.25) is 0 Å². The maximum atomic E-state index is 6.83. The maximum absolute atomic E-state index is 6.83. The molecule has 0 fully saturated rings. The first kappa shape index (κ1) is 27.3. The van der Waals surface area contributed by atoms with Gasteiger partial charge < -0.3 is 13.8 Å². The van der Waals surface area contributed by atoms with Gasteiger partial charge >= 0.3 is 6.85 Å². The number of hydrogen-bond acceptors (Lipinski definition) is 3. The van der Waals surface area contributed by atoms with Gasteiger partial charge in [-0.15, -0.1) is 11.8 Å². The summed E-state index contributed by atoms with van der Waals surface area (Å²) < 4.78 is 9.49. The van der Waals surface area contributed by atoms with Crippen molar-refractivity contribution in [3.63, 3.8) is 0 Å². The number of thioether (sulfide) groups is 1. The predicted molar refractivity (Wildman–Crippen MR) is 200 cm³/mol. The van der Waals surface area contributed by atoms with E-state index in [9.17, 15) is 0 Å². The second-order valence-electron chi connectivity index (χ2n) is 13.3. The van der Waals surface area contributed by atoms with Crippen molar-refractivity contribution in [1.82, 2.24) is 4.48 Å². The molecule has 3 nitrogen and oxygen atoms in total. The lowest BCUT2D eigenvalue weighted by Crippen LogP contribution is -2.58. The van der Waals surface area contributed by atoms with Gasteiger partial charge in [-0.3, -0.25) is 0 Å². The summed E-state index contributed by atoms with van der Waals surface area (Å²) in [5.41, 5.74) is 24.2. The Morgan fingerprint density at radius 3 is 2.74 bits per heavy atom. The highest BCUT2D eigenvalue weighted by Gasteiger charge is 2.46. The topological polar surface area (TPSA) is 21.3 Å². The minimum Gasteiger partial charge on any atom is -0.455 e. The summed E-state index contributed by atoms with van der Waals surface area (Å²) >= 11 is 1.81. The van der Waals surface area contributed by atoms with Crippen LogP contribution in [0, 0.1) is 6.92 Å². The van der Waals surface area contributed by atoms with Crippen LogP contribution in [-0.2, 0) is 12.8 Å². The number of allylic oxidation sites excluding steroid dienone is 1. The molecular formula is C42H33BN2OS. The zero-order valence-electron chi connectivity index (χ0n) is 26.9. The van der Waals surface area contributed by atoms with E-state index in [1.54, 1.807) is 0 Å². The third-order valence-corrected chi connectivity index (χ3v) is 11.3. The molecule has 0 spiro atoms. The molecular weight excluding hydrogens is 591 g/mol. The van der Waals surface area contributed by atoms with E-state index in [1.165, 1.54) is 90.1 Å². The van der Waals surface area contributed by atoms with Crippen molar-refractivity contribution in [2.45, 2.75) is 50.8 Å². The van der Waals surface area contributed by atoms with E-state index in [1.807, 2.05) is 23.9 Å². The van der Waals surface area contributed by atoms with Crippen molar-refractivity contribution in [2.24, 2.45) is 0 Å². The van der Waals surface area contributed by atoms with E-state index in [0.717, 1.165) is 41.6 Å². The molecule has 5 heteroatoms. The first-order chi connectivity index (χ1) is 23.1. The average Bonchev–Trinajstić information content (AvgIpc) is 3.64. The van der Waals surface area contributed by atoms with Crippen LogP contribution < -0.4 is 15.8 Å². The van der Waals surface area contributed by atoms with Crippen LogP contribution in [0.25, 0.3) is 39.6 Å². The minimum atomic E-state index is 0.0196. The van der Waals surface area contributed by atoms with E-state index >= 15 is 0 Å². The Morgan fingerprint density at radius 2 is 1.85 bits per heavy atom. The number of aryl methyl sites for hydroxylation is 3. The number of nitrogens with zero attached hydrogens (tertiary/aromatic N) is 2. The SMILES string of the molecule is CCCCc1cc(C)cc(N2c3cc(SC)ccc3B3c4c2cc2c5c(oc2c4C2=CCCc4c2n3c2ccccc42)C=C=C=C5)c1. The van der Waals surface area contributed by atoms with Gasteiger partial charge in [-0.05, 0) is 103 Å². The summed E-state index contributed by atoms with van der Waals surface area (Å²) in [4.78, 5) is 3.83. The van der Waals surface area contributed by atoms with Crippen LogP contribution in [0.15, 0.2) is 93.6 Å². The van der Waals surface area contributed by atoms with Gasteiger partial charge in [0.1, 0.15) is 11.3 Å². The maximum Gasteiger partial charge on any atom is 0.333 e. The molecule has 226 valence electrons. The lowest BCUT2D eigenvalue weighted by Gasteiger charge is -2.42. The normalized spacial score (nSPS) is 14.8. The standard InChI is InChI=1S/C42H33BN2OS/c1-4-5-11-26-20-25(2)21-27(22-26)44-36-23-28(47-3)18-19-34(36)43-40-37(44)24-33-30-13-7-9-17-38(30)46-42(33)39(40)32-15-10-14-31-29-12-6-8-16-35(29)45(43)41(31)32/h6,8,12-13,15-24H,4-5,10-11,14H2,1-3H3. The van der Waals surface area contributed by atoms with Gasteiger partial charge in [-0.2, -0.15) is 0 Å². The van der Waals surface area contributed by atoms with Gasteiger partial charge in [0.15, 0.2) is 0 Å². The van der Waals surface area contributed by atoms with E-state index in [-0.39, 0.29) is 6.85 Å². The van der Waals surface area contributed by atoms with Gasteiger partial charge in [0.2, 0.25) is 0 Å². The highest BCUT2D eigenvalue weighted by Crippen LogP contribution is 2.50. The molecule has 0 unspecified atom stereocenters. The zero-order valence-corrected chi connectivity index (χ0v) is 27.7. The number of fused-ring (bicyclic) bond motifs is 11. The van der Waals surface area contributed by atoms with Gasteiger partial charge in [0.05, 0.1) is 0 Å². The fourth-order valence-electron chi connectivity index (χ4n) is 8.70. The molecule has 2 aliphatic heterocycles.